The van der Waals surface area contributed by atoms with Crippen molar-refractivity contribution in [3.05, 3.63) is 16.6 Å². The van der Waals surface area contributed by atoms with Crippen molar-refractivity contribution >= 4 is 23.2 Å². The van der Waals surface area contributed by atoms with Crippen molar-refractivity contribution in [2.24, 2.45) is 0 Å². The van der Waals surface area contributed by atoms with E-state index in [-0.39, 0.29) is 18.4 Å². The highest BCUT2D eigenvalue weighted by molar-refractivity contribution is 7.07. The van der Waals surface area contributed by atoms with Crippen LogP contribution in [0, 0.1) is 0 Å². The Hall–Kier alpha value is -1.43. The molecule has 0 bridgehead atoms. The van der Waals surface area contributed by atoms with Crippen LogP contribution in [0.25, 0.3) is 0 Å². The van der Waals surface area contributed by atoms with Gasteiger partial charge in [-0.1, -0.05) is 0 Å². The second kappa shape index (κ2) is 4.61. The van der Waals surface area contributed by atoms with Crippen LogP contribution in [-0.2, 0) is 16.0 Å². The van der Waals surface area contributed by atoms with Gasteiger partial charge in [-0.3, -0.25) is 9.59 Å². The Morgan fingerprint density at radius 1 is 1.62 bits per heavy atom. The van der Waals surface area contributed by atoms with Gasteiger partial charge in [-0.2, -0.15) is 0 Å². The van der Waals surface area contributed by atoms with Gasteiger partial charge in [0, 0.05) is 18.3 Å². The molecule has 2 amide bonds. The highest BCUT2D eigenvalue weighted by Crippen LogP contribution is 2.06. The summed E-state index contributed by atoms with van der Waals surface area (Å²) in [4.78, 5) is 28.7. The number of rotatable bonds is 3. The maximum absolute atomic E-state index is 11.7. The zero-order chi connectivity index (χ0) is 11.5. The van der Waals surface area contributed by atoms with Crippen LogP contribution < -0.4 is 5.32 Å². The first-order valence-electron chi connectivity index (χ1n) is 5.12. The predicted molar refractivity (Wildman–Crippen MR) is 60.0 cm³/mol. The summed E-state index contributed by atoms with van der Waals surface area (Å²) >= 11 is 1.53. The molecule has 2 rings (SSSR count). The number of nitrogens with one attached hydrogen (secondary N) is 1. The highest BCUT2D eigenvalue weighted by atomic mass is 32.1. The molecule has 1 aliphatic heterocycles. The van der Waals surface area contributed by atoms with Gasteiger partial charge in [-0.25, -0.2) is 4.98 Å². The average Bonchev–Trinajstić information content (AvgIpc) is 2.74. The molecule has 1 aliphatic rings. The van der Waals surface area contributed by atoms with E-state index in [9.17, 15) is 9.59 Å². The normalized spacial score (nSPS) is 21.1. The second-order valence-corrected chi connectivity index (χ2v) is 4.50. The molecule has 1 saturated heterocycles. The Bertz CT molecular complexity index is 391. The SMILES string of the molecule is CC1NC(=O)CN(CCc2cscn2)C1=O. The largest absolute Gasteiger partial charge is 0.343 e. The summed E-state index contributed by atoms with van der Waals surface area (Å²) in [5, 5.41) is 4.56. The number of nitrogens with zero attached hydrogens (tertiary/aromatic N) is 2. The monoisotopic (exact) mass is 239 g/mol. The first-order chi connectivity index (χ1) is 7.66. The summed E-state index contributed by atoms with van der Waals surface area (Å²) in [5.74, 6) is -0.111. The molecule has 1 N–H and O–H groups in total. The van der Waals surface area contributed by atoms with E-state index >= 15 is 0 Å². The molecule has 1 fully saturated rings. The van der Waals surface area contributed by atoms with E-state index in [4.69, 9.17) is 0 Å². The molecule has 0 aromatic carbocycles. The van der Waals surface area contributed by atoms with Gasteiger partial charge in [0.25, 0.3) is 0 Å². The van der Waals surface area contributed by atoms with Gasteiger partial charge in [-0.15, -0.1) is 11.3 Å². The molecule has 0 radical (unpaired) electrons. The standard InChI is InChI=1S/C10H13N3O2S/c1-7-10(15)13(4-9(14)12-7)3-2-8-5-16-6-11-8/h5-7H,2-4H2,1H3,(H,12,14). The Labute approximate surface area is 97.5 Å². The van der Waals surface area contributed by atoms with E-state index < -0.39 is 6.04 Å². The summed E-state index contributed by atoms with van der Waals surface area (Å²) in [5.41, 5.74) is 2.74. The fourth-order valence-electron chi connectivity index (χ4n) is 1.67. The van der Waals surface area contributed by atoms with Gasteiger partial charge in [0.1, 0.15) is 6.04 Å². The molecule has 2 heterocycles. The van der Waals surface area contributed by atoms with E-state index in [1.807, 2.05) is 5.38 Å². The van der Waals surface area contributed by atoms with Crippen molar-refractivity contribution in [1.29, 1.82) is 0 Å². The van der Waals surface area contributed by atoms with Gasteiger partial charge in [0.2, 0.25) is 11.8 Å². The van der Waals surface area contributed by atoms with Gasteiger partial charge < -0.3 is 10.2 Å². The van der Waals surface area contributed by atoms with E-state index in [0.29, 0.717) is 13.0 Å². The number of hydrogen-bond acceptors (Lipinski definition) is 4. The maximum atomic E-state index is 11.7. The van der Waals surface area contributed by atoms with Crippen molar-refractivity contribution in [1.82, 2.24) is 15.2 Å². The number of carbonyl (C=O) groups is 2. The summed E-state index contributed by atoms with van der Waals surface area (Å²) in [6.45, 7) is 2.42. The number of aromatic nitrogens is 1. The lowest BCUT2D eigenvalue weighted by molar-refractivity contribution is -0.143. The summed E-state index contributed by atoms with van der Waals surface area (Å²) in [7, 11) is 0. The van der Waals surface area contributed by atoms with Crippen LogP contribution in [0.1, 0.15) is 12.6 Å². The number of hydrogen-bond donors (Lipinski definition) is 1. The molecule has 16 heavy (non-hydrogen) atoms. The molecule has 6 heteroatoms. The molecule has 1 unspecified atom stereocenters. The molecule has 0 aliphatic carbocycles. The highest BCUT2D eigenvalue weighted by Gasteiger charge is 2.28. The van der Waals surface area contributed by atoms with Gasteiger partial charge in [0.15, 0.2) is 0 Å². The van der Waals surface area contributed by atoms with E-state index in [0.717, 1.165) is 5.69 Å². The summed E-state index contributed by atoms with van der Waals surface area (Å²) in [6, 6.07) is -0.406. The molecular formula is C10H13N3O2S. The lowest BCUT2D eigenvalue weighted by atomic mass is 10.2. The molecule has 1 atom stereocenters. The number of thiazole rings is 1. The van der Waals surface area contributed by atoms with Crippen LogP contribution in [-0.4, -0.2) is 40.8 Å². The van der Waals surface area contributed by atoms with Gasteiger partial charge in [-0.05, 0) is 6.92 Å². The summed E-state index contributed by atoms with van der Waals surface area (Å²) in [6.07, 6.45) is 0.704. The predicted octanol–water partition coefficient (Wildman–Crippen LogP) is 0.0325. The minimum atomic E-state index is -0.406. The van der Waals surface area contributed by atoms with Gasteiger partial charge in [0.05, 0.1) is 17.7 Å². The fourth-order valence-corrected chi connectivity index (χ4v) is 2.27. The third-order valence-corrected chi connectivity index (χ3v) is 3.15. The molecular weight excluding hydrogens is 226 g/mol. The molecule has 1 aromatic rings. The quantitative estimate of drug-likeness (QED) is 0.809. The third-order valence-electron chi connectivity index (χ3n) is 2.52. The van der Waals surface area contributed by atoms with Crippen molar-refractivity contribution in [3.63, 3.8) is 0 Å². The summed E-state index contributed by atoms with van der Waals surface area (Å²) < 4.78 is 0. The van der Waals surface area contributed by atoms with E-state index in [2.05, 4.69) is 10.3 Å². The van der Waals surface area contributed by atoms with E-state index in [1.54, 1.807) is 17.3 Å². The minimum absolute atomic E-state index is 0.0187. The lowest BCUT2D eigenvalue weighted by Crippen LogP contribution is -2.57. The maximum Gasteiger partial charge on any atom is 0.245 e. The van der Waals surface area contributed by atoms with Crippen LogP contribution in [0.15, 0.2) is 10.9 Å². The van der Waals surface area contributed by atoms with Crippen LogP contribution in [0.5, 0.6) is 0 Å². The van der Waals surface area contributed by atoms with Crippen LogP contribution in [0.4, 0.5) is 0 Å². The first kappa shape index (κ1) is 11.1. The Kier molecular flexibility index (Phi) is 3.19. The number of carbonyl (C=O) groups excluding carboxylic acids is 2. The van der Waals surface area contributed by atoms with Crippen molar-refractivity contribution < 1.29 is 9.59 Å². The van der Waals surface area contributed by atoms with Crippen molar-refractivity contribution in [2.75, 3.05) is 13.1 Å². The molecule has 1 aromatic heterocycles. The Balaban J connectivity index is 1.93. The van der Waals surface area contributed by atoms with E-state index in [1.165, 1.54) is 11.3 Å². The van der Waals surface area contributed by atoms with Crippen LogP contribution in [0.3, 0.4) is 0 Å². The topological polar surface area (TPSA) is 62.3 Å². The lowest BCUT2D eigenvalue weighted by Gasteiger charge is -2.30. The molecule has 86 valence electrons. The van der Waals surface area contributed by atoms with Gasteiger partial charge >= 0.3 is 0 Å². The first-order valence-corrected chi connectivity index (χ1v) is 6.06. The zero-order valence-electron chi connectivity index (χ0n) is 8.97. The number of amides is 2. The average molecular weight is 239 g/mol. The minimum Gasteiger partial charge on any atom is -0.343 e. The van der Waals surface area contributed by atoms with Crippen molar-refractivity contribution in [2.45, 2.75) is 19.4 Å². The third kappa shape index (κ3) is 2.38. The van der Waals surface area contributed by atoms with Crippen LogP contribution in [0.2, 0.25) is 0 Å². The van der Waals surface area contributed by atoms with Crippen LogP contribution >= 0.6 is 11.3 Å². The molecule has 0 saturated carbocycles. The Morgan fingerprint density at radius 2 is 2.44 bits per heavy atom. The fraction of sp³-hybridized carbons (Fsp3) is 0.500. The second-order valence-electron chi connectivity index (χ2n) is 3.78. The Morgan fingerprint density at radius 3 is 3.12 bits per heavy atom. The number of piperazine rings is 1. The molecule has 5 nitrogen and oxygen atoms in total. The zero-order valence-corrected chi connectivity index (χ0v) is 9.79. The molecule has 0 spiro atoms. The van der Waals surface area contributed by atoms with Crippen molar-refractivity contribution in [3.8, 4) is 0 Å². The smallest absolute Gasteiger partial charge is 0.245 e.